The molecule has 0 saturated heterocycles. The van der Waals surface area contributed by atoms with Crippen molar-refractivity contribution in [2.75, 3.05) is 13.2 Å². The van der Waals surface area contributed by atoms with Crippen molar-refractivity contribution in [2.45, 2.75) is 57.7 Å². The Kier molecular flexibility index (Phi) is 5.60. The van der Waals surface area contributed by atoms with Crippen LogP contribution in [0.3, 0.4) is 0 Å². The molecule has 1 aliphatic heterocycles. The topological polar surface area (TPSA) is 85.2 Å². The third-order valence-corrected chi connectivity index (χ3v) is 4.82. The van der Waals surface area contributed by atoms with Crippen molar-refractivity contribution in [1.82, 2.24) is 10.4 Å². The van der Waals surface area contributed by atoms with Gasteiger partial charge in [-0.2, -0.15) is 18.2 Å². The maximum Gasteiger partial charge on any atom is 0.389 e. The van der Waals surface area contributed by atoms with E-state index in [9.17, 15) is 28.3 Å². The maximum absolute atomic E-state index is 12.2. The van der Waals surface area contributed by atoms with E-state index in [2.05, 4.69) is 10.3 Å². The van der Waals surface area contributed by atoms with Gasteiger partial charge in [0.15, 0.2) is 5.84 Å². The lowest BCUT2D eigenvalue weighted by Crippen LogP contribution is -2.51. The summed E-state index contributed by atoms with van der Waals surface area (Å²) in [6.45, 7) is 3.00. The molecule has 0 radical (unpaired) electrons. The number of nitrogens with one attached hydrogen (secondary N) is 1. The SMILES string of the molecule is CC(C)(NCCCC(F)(F)F)C(=O)N=C1C=C(C2(CO)CCC2)N1O. The molecule has 0 atom stereocenters. The number of carbonyl (C=O) groups is 1. The summed E-state index contributed by atoms with van der Waals surface area (Å²) >= 11 is 0. The van der Waals surface area contributed by atoms with E-state index in [0.29, 0.717) is 5.70 Å². The molecule has 142 valence electrons. The van der Waals surface area contributed by atoms with E-state index in [1.165, 1.54) is 13.8 Å². The summed E-state index contributed by atoms with van der Waals surface area (Å²) in [6, 6.07) is 0. The average Bonchev–Trinajstić information content (AvgIpc) is 2.47. The number of amidine groups is 1. The number of hydroxylamine groups is 2. The number of carbonyl (C=O) groups excluding carboxylic acids is 1. The van der Waals surface area contributed by atoms with Gasteiger partial charge in [0.05, 0.1) is 17.8 Å². The summed E-state index contributed by atoms with van der Waals surface area (Å²) in [5, 5.41) is 23.1. The lowest BCUT2D eigenvalue weighted by atomic mass is 9.65. The zero-order valence-electron chi connectivity index (χ0n) is 14.4. The second kappa shape index (κ2) is 7.05. The number of aliphatic imine (C=N–C) groups is 1. The largest absolute Gasteiger partial charge is 0.395 e. The van der Waals surface area contributed by atoms with Crippen LogP contribution >= 0.6 is 0 Å². The van der Waals surface area contributed by atoms with Crippen LogP contribution in [0.25, 0.3) is 0 Å². The molecule has 0 aromatic heterocycles. The second-order valence-electron chi connectivity index (χ2n) is 7.18. The van der Waals surface area contributed by atoms with Gasteiger partial charge in [-0.3, -0.25) is 10.0 Å². The fraction of sp³-hybridized carbons (Fsp3) is 0.750. The normalized spacial score (nSPS) is 21.6. The Bertz CT molecular complexity index is 575. The van der Waals surface area contributed by atoms with Crippen molar-refractivity contribution in [3.8, 4) is 0 Å². The first kappa shape index (κ1) is 19.9. The van der Waals surface area contributed by atoms with Crippen molar-refractivity contribution >= 4 is 11.7 Å². The molecule has 2 rings (SSSR count). The number of nitrogens with zero attached hydrogens (tertiary/aromatic N) is 2. The Morgan fingerprint density at radius 2 is 2.04 bits per heavy atom. The predicted octanol–water partition coefficient (Wildman–Crippen LogP) is 2.37. The number of amides is 1. The summed E-state index contributed by atoms with van der Waals surface area (Å²) in [6.07, 6.45) is -1.21. The van der Waals surface area contributed by atoms with Gasteiger partial charge in [-0.05, 0) is 39.7 Å². The summed E-state index contributed by atoms with van der Waals surface area (Å²) in [5.41, 5.74) is -1.06. The Labute approximate surface area is 144 Å². The van der Waals surface area contributed by atoms with E-state index < -0.39 is 29.5 Å². The third kappa shape index (κ3) is 4.39. The predicted molar refractivity (Wildman–Crippen MR) is 84.9 cm³/mol. The summed E-state index contributed by atoms with van der Waals surface area (Å²) in [7, 11) is 0. The minimum absolute atomic E-state index is 0.0284. The van der Waals surface area contributed by atoms with Gasteiger partial charge in [0.25, 0.3) is 5.91 Å². The molecule has 25 heavy (non-hydrogen) atoms. The summed E-state index contributed by atoms with van der Waals surface area (Å²) < 4.78 is 36.4. The Balaban J connectivity index is 1.92. The highest BCUT2D eigenvalue weighted by Gasteiger charge is 2.47. The highest BCUT2D eigenvalue weighted by Crippen LogP contribution is 2.49. The minimum Gasteiger partial charge on any atom is -0.395 e. The highest BCUT2D eigenvalue weighted by atomic mass is 19.4. The number of aliphatic hydroxyl groups is 1. The van der Waals surface area contributed by atoms with Crippen molar-refractivity contribution in [2.24, 2.45) is 10.4 Å². The monoisotopic (exact) mass is 363 g/mol. The van der Waals surface area contributed by atoms with Crippen LogP contribution in [0.4, 0.5) is 13.2 Å². The second-order valence-corrected chi connectivity index (χ2v) is 7.18. The number of rotatable bonds is 7. The summed E-state index contributed by atoms with van der Waals surface area (Å²) in [5.74, 6) is -0.514. The molecule has 3 N–H and O–H groups in total. The van der Waals surface area contributed by atoms with Crippen LogP contribution in [0.5, 0.6) is 0 Å². The van der Waals surface area contributed by atoms with Gasteiger partial charge < -0.3 is 10.4 Å². The lowest BCUT2D eigenvalue weighted by Gasteiger charge is -2.47. The van der Waals surface area contributed by atoms with Gasteiger partial charge in [-0.15, -0.1) is 0 Å². The van der Waals surface area contributed by atoms with Crippen LogP contribution in [0.2, 0.25) is 0 Å². The van der Waals surface area contributed by atoms with Gasteiger partial charge in [0.1, 0.15) is 0 Å². The molecule has 6 nitrogen and oxygen atoms in total. The van der Waals surface area contributed by atoms with Crippen LogP contribution < -0.4 is 5.32 Å². The van der Waals surface area contributed by atoms with E-state index in [1.54, 1.807) is 6.08 Å². The molecule has 0 aromatic rings. The molecular formula is C16H24F3N3O3. The molecule has 1 saturated carbocycles. The molecule has 1 aliphatic carbocycles. The van der Waals surface area contributed by atoms with Crippen molar-refractivity contribution in [3.63, 3.8) is 0 Å². The van der Waals surface area contributed by atoms with Gasteiger partial charge in [-0.25, -0.2) is 5.06 Å². The zero-order valence-corrected chi connectivity index (χ0v) is 14.4. The maximum atomic E-state index is 12.2. The Hall–Kier alpha value is -1.45. The van der Waals surface area contributed by atoms with E-state index in [0.717, 1.165) is 24.3 Å². The van der Waals surface area contributed by atoms with E-state index in [1.807, 2.05) is 0 Å². The van der Waals surface area contributed by atoms with E-state index in [-0.39, 0.29) is 25.4 Å². The quantitative estimate of drug-likeness (QED) is 0.605. The lowest BCUT2D eigenvalue weighted by molar-refractivity contribution is -0.135. The van der Waals surface area contributed by atoms with Crippen LogP contribution in [0, 0.1) is 5.41 Å². The molecule has 0 spiro atoms. The molecule has 0 aromatic carbocycles. The molecule has 1 heterocycles. The highest BCUT2D eigenvalue weighted by molar-refractivity contribution is 6.07. The first-order valence-electron chi connectivity index (χ1n) is 8.28. The average molecular weight is 363 g/mol. The molecule has 1 fully saturated rings. The van der Waals surface area contributed by atoms with Crippen molar-refractivity contribution in [1.29, 1.82) is 0 Å². The van der Waals surface area contributed by atoms with Crippen molar-refractivity contribution < 1.29 is 28.3 Å². The van der Waals surface area contributed by atoms with Gasteiger partial charge >= 0.3 is 6.18 Å². The molecule has 9 heteroatoms. The molecule has 0 bridgehead atoms. The first-order chi connectivity index (χ1) is 11.5. The Morgan fingerprint density at radius 1 is 1.40 bits per heavy atom. The molecule has 2 aliphatic rings. The molecule has 0 unspecified atom stereocenters. The fourth-order valence-electron chi connectivity index (χ4n) is 2.87. The van der Waals surface area contributed by atoms with Crippen LogP contribution in [-0.4, -0.2) is 52.0 Å². The number of aliphatic hydroxyl groups excluding tert-OH is 1. The first-order valence-corrected chi connectivity index (χ1v) is 8.28. The summed E-state index contributed by atoms with van der Waals surface area (Å²) in [4.78, 5) is 16.1. The van der Waals surface area contributed by atoms with Gasteiger partial charge in [-0.1, -0.05) is 6.42 Å². The van der Waals surface area contributed by atoms with E-state index >= 15 is 0 Å². The number of alkyl halides is 3. The number of hydrogen-bond acceptors (Lipinski definition) is 4. The fourth-order valence-corrected chi connectivity index (χ4v) is 2.87. The number of halogens is 3. The number of hydrogen-bond donors (Lipinski definition) is 3. The third-order valence-electron chi connectivity index (χ3n) is 4.82. The molecular weight excluding hydrogens is 339 g/mol. The van der Waals surface area contributed by atoms with Crippen LogP contribution in [0.1, 0.15) is 46.0 Å². The van der Waals surface area contributed by atoms with Gasteiger partial charge in [0, 0.05) is 17.9 Å². The Morgan fingerprint density at radius 3 is 2.48 bits per heavy atom. The zero-order chi connectivity index (χ0) is 18.9. The minimum atomic E-state index is -4.22. The van der Waals surface area contributed by atoms with Crippen molar-refractivity contribution in [3.05, 3.63) is 11.8 Å². The van der Waals surface area contributed by atoms with Gasteiger partial charge in [0.2, 0.25) is 0 Å². The van der Waals surface area contributed by atoms with E-state index in [4.69, 9.17) is 0 Å². The van der Waals surface area contributed by atoms with Crippen LogP contribution in [0.15, 0.2) is 16.8 Å². The standard InChI is InChI=1S/C16H24F3N3O3/c1-14(2,20-8-4-7-16(17,18)19)13(24)21-12-9-11(22(12)25)15(10-23)5-3-6-15/h9,20,23,25H,3-8,10H2,1-2H3. The van der Waals surface area contributed by atoms with Crippen LogP contribution in [-0.2, 0) is 4.79 Å². The molecule has 1 amide bonds. The smallest absolute Gasteiger partial charge is 0.389 e.